The van der Waals surface area contributed by atoms with Crippen molar-refractivity contribution in [3.63, 3.8) is 0 Å². The van der Waals surface area contributed by atoms with Crippen LogP contribution in [0.25, 0.3) is 0 Å². The molecule has 0 amide bonds. The number of benzene rings is 1. The summed E-state index contributed by atoms with van der Waals surface area (Å²) in [5.74, 6) is 0.686. The van der Waals surface area contributed by atoms with Crippen molar-refractivity contribution in [1.29, 1.82) is 0 Å². The minimum Gasteiger partial charge on any atom is -0.406 e. The van der Waals surface area contributed by atoms with Gasteiger partial charge in [-0.1, -0.05) is 6.92 Å². The maximum atomic E-state index is 12.2. The zero-order chi connectivity index (χ0) is 17.9. The van der Waals surface area contributed by atoms with Crippen molar-refractivity contribution in [3.8, 4) is 5.75 Å². The molecule has 25 heavy (non-hydrogen) atoms. The summed E-state index contributed by atoms with van der Waals surface area (Å²) >= 11 is 1.62. The average molecular weight is 374 g/mol. The molecule has 0 aromatic heterocycles. The molecular weight excluding hydrogens is 349 g/mol. The van der Waals surface area contributed by atoms with Crippen molar-refractivity contribution < 1.29 is 17.9 Å². The Bertz CT molecular complexity index is 536. The maximum absolute atomic E-state index is 12.2. The van der Waals surface area contributed by atoms with Gasteiger partial charge in [-0.3, -0.25) is 0 Å². The number of piperidine rings is 2. The van der Waals surface area contributed by atoms with Crippen LogP contribution in [0.15, 0.2) is 29.2 Å². The molecule has 0 unspecified atom stereocenters. The topological polar surface area (TPSA) is 15.7 Å². The molecule has 1 aromatic rings. The smallest absolute Gasteiger partial charge is 0.406 e. The van der Waals surface area contributed by atoms with Gasteiger partial charge in [0.05, 0.1) is 0 Å². The summed E-state index contributed by atoms with van der Waals surface area (Å²) in [5, 5.41) is 0. The maximum Gasteiger partial charge on any atom is 0.573 e. The largest absolute Gasteiger partial charge is 0.573 e. The van der Waals surface area contributed by atoms with Gasteiger partial charge in [0.25, 0.3) is 0 Å². The molecule has 0 atom stereocenters. The van der Waals surface area contributed by atoms with Gasteiger partial charge in [0.15, 0.2) is 0 Å². The second-order valence-electron chi connectivity index (χ2n) is 6.99. The van der Waals surface area contributed by atoms with Crippen LogP contribution in [0.4, 0.5) is 13.2 Å². The Kier molecular flexibility index (Phi) is 6.17. The highest BCUT2D eigenvalue weighted by Gasteiger charge is 2.31. The van der Waals surface area contributed by atoms with E-state index in [9.17, 15) is 13.2 Å². The third-order valence-corrected chi connectivity index (χ3v) is 6.16. The van der Waals surface area contributed by atoms with Gasteiger partial charge in [-0.05, 0) is 80.9 Å². The molecule has 0 N–H and O–H groups in total. The zero-order valence-electron chi connectivity index (χ0n) is 14.5. The fourth-order valence-electron chi connectivity index (χ4n) is 3.54. The van der Waals surface area contributed by atoms with Gasteiger partial charge in [0.1, 0.15) is 5.75 Å². The fourth-order valence-corrected chi connectivity index (χ4v) is 4.49. The fraction of sp³-hybridized carbons (Fsp3) is 0.667. The normalized spacial score (nSPS) is 22.2. The average Bonchev–Trinajstić information content (AvgIpc) is 2.57. The minimum absolute atomic E-state index is 0.171. The zero-order valence-corrected chi connectivity index (χ0v) is 15.3. The molecule has 0 aliphatic carbocycles. The number of alkyl halides is 3. The second-order valence-corrected chi connectivity index (χ2v) is 8.16. The first kappa shape index (κ1) is 18.9. The number of nitrogens with zero attached hydrogens (tertiary/aromatic N) is 2. The SMILES string of the molecule is CC1CCN(C2CCN(Sc3ccc(OC(F)(F)F)cc3)CC2)CC1. The van der Waals surface area contributed by atoms with Crippen LogP contribution in [0.1, 0.15) is 32.6 Å². The minimum atomic E-state index is -4.64. The van der Waals surface area contributed by atoms with Crippen molar-refractivity contribution in [1.82, 2.24) is 9.21 Å². The van der Waals surface area contributed by atoms with E-state index in [1.54, 1.807) is 24.1 Å². The van der Waals surface area contributed by atoms with Crippen LogP contribution in [0.5, 0.6) is 5.75 Å². The van der Waals surface area contributed by atoms with Crippen molar-refractivity contribution >= 4 is 11.9 Å². The van der Waals surface area contributed by atoms with Gasteiger partial charge >= 0.3 is 6.36 Å². The van der Waals surface area contributed by atoms with Crippen molar-refractivity contribution in [2.45, 2.75) is 49.9 Å². The van der Waals surface area contributed by atoms with Crippen molar-refractivity contribution in [2.24, 2.45) is 5.92 Å². The highest BCUT2D eigenvalue weighted by molar-refractivity contribution is 7.97. The number of halogens is 3. The summed E-state index contributed by atoms with van der Waals surface area (Å²) in [5.41, 5.74) is 0. The van der Waals surface area contributed by atoms with Crippen LogP contribution in [-0.2, 0) is 0 Å². The summed E-state index contributed by atoms with van der Waals surface area (Å²) in [6, 6.07) is 6.80. The molecule has 2 aliphatic rings. The lowest BCUT2D eigenvalue weighted by Gasteiger charge is -2.41. The Labute approximate surface area is 151 Å². The highest BCUT2D eigenvalue weighted by atomic mass is 32.2. The van der Waals surface area contributed by atoms with Gasteiger partial charge in [-0.15, -0.1) is 13.2 Å². The van der Waals surface area contributed by atoms with E-state index in [0.29, 0.717) is 6.04 Å². The predicted octanol–water partition coefficient (Wildman–Crippen LogP) is 4.79. The van der Waals surface area contributed by atoms with Crippen LogP contribution in [0.3, 0.4) is 0 Å². The first-order valence-electron chi connectivity index (χ1n) is 8.92. The number of likely N-dealkylation sites (tertiary alicyclic amines) is 1. The molecule has 140 valence electrons. The molecule has 1 aromatic carbocycles. The summed E-state index contributed by atoms with van der Waals surface area (Å²) in [4.78, 5) is 3.59. The third kappa shape index (κ3) is 5.79. The van der Waals surface area contributed by atoms with Gasteiger partial charge in [-0.2, -0.15) is 0 Å². The number of hydrogen-bond donors (Lipinski definition) is 0. The highest BCUT2D eigenvalue weighted by Crippen LogP contribution is 2.31. The van der Waals surface area contributed by atoms with Crippen LogP contribution in [0, 0.1) is 5.92 Å². The summed E-state index contributed by atoms with van der Waals surface area (Å²) < 4.78 is 42.8. The van der Waals surface area contributed by atoms with Crippen LogP contribution >= 0.6 is 11.9 Å². The molecule has 0 bridgehead atoms. The summed E-state index contributed by atoms with van der Waals surface area (Å²) in [6.07, 6.45) is 0.304. The Balaban J connectivity index is 1.44. The molecule has 0 spiro atoms. The van der Waals surface area contributed by atoms with Gasteiger partial charge in [0, 0.05) is 24.0 Å². The number of ether oxygens (including phenoxy) is 1. The molecule has 2 fully saturated rings. The molecule has 3 rings (SSSR count). The van der Waals surface area contributed by atoms with Gasteiger partial charge in [0.2, 0.25) is 0 Å². The second kappa shape index (κ2) is 8.18. The standard InChI is InChI=1S/C18H25F3N2OS/c1-14-6-10-22(11-7-14)15-8-12-23(13-9-15)25-17-4-2-16(3-5-17)24-18(19,20)21/h2-5,14-15H,6-13H2,1H3. The van der Waals surface area contributed by atoms with E-state index in [2.05, 4.69) is 20.9 Å². The Morgan fingerprint density at radius 2 is 1.56 bits per heavy atom. The van der Waals surface area contributed by atoms with E-state index in [-0.39, 0.29) is 5.75 Å². The van der Waals surface area contributed by atoms with E-state index < -0.39 is 6.36 Å². The van der Waals surface area contributed by atoms with E-state index >= 15 is 0 Å². The molecule has 3 nitrogen and oxygen atoms in total. The Morgan fingerprint density at radius 3 is 2.12 bits per heavy atom. The lowest BCUT2D eigenvalue weighted by atomic mass is 9.95. The molecule has 2 aliphatic heterocycles. The van der Waals surface area contributed by atoms with E-state index in [4.69, 9.17) is 0 Å². The van der Waals surface area contributed by atoms with Crippen molar-refractivity contribution in [3.05, 3.63) is 24.3 Å². The summed E-state index contributed by atoms with van der Waals surface area (Å²) in [7, 11) is 0. The van der Waals surface area contributed by atoms with Crippen LogP contribution in [0.2, 0.25) is 0 Å². The Hall–Kier alpha value is -0.920. The van der Waals surface area contributed by atoms with Crippen LogP contribution in [-0.4, -0.2) is 47.8 Å². The number of hydrogen-bond acceptors (Lipinski definition) is 4. The van der Waals surface area contributed by atoms with Gasteiger partial charge in [-0.25, -0.2) is 4.31 Å². The van der Waals surface area contributed by atoms with Crippen molar-refractivity contribution in [2.75, 3.05) is 26.2 Å². The monoisotopic (exact) mass is 374 g/mol. The molecule has 2 heterocycles. The lowest BCUT2D eigenvalue weighted by molar-refractivity contribution is -0.274. The molecule has 2 saturated heterocycles. The first-order valence-corrected chi connectivity index (χ1v) is 9.69. The Morgan fingerprint density at radius 1 is 0.960 bits per heavy atom. The van der Waals surface area contributed by atoms with E-state index in [1.165, 1.54) is 38.1 Å². The van der Waals surface area contributed by atoms with E-state index in [0.717, 1.165) is 36.7 Å². The van der Waals surface area contributed by atoms with Crippen LogP contribution < -0.4 is 4.74 Å². The predicted molar refractivity (Wildman–Crippen MR) is 93.5 cm³/mol. The molecule has 0 radical (unpaired) electrons. The number of rotatable bonds is 4. The van der Waals surface area contributed by atoms with E-state index in [1.807, 2.05) is 0 Å². The lowest BCUT2D eigenvalue weighted by Crippen LogP contribution is -2.46. The third-order valence-electron chi connectivity index (χ3n) is 5.05. The molecule has 0 saturated carbocycles. The first-order chi connectivity index (χ1) is 11.9. The van der Waals surface area contributed by atoms with Gasteiger partial charge < -0.3 is 9.64 Å². The summed E-state index contributed by atoms with van der Waals surface area (Å²) in [6.45, 7) is 6.81. The quantitative estimate of drug-likeness (QED) is 0.704. The molecular formula is C18H25F3N2OS. The molecule has 7 heteroatoms.